The van der Waals surface area contributed by atoms with Gasteiger partial charge in [-0.1, -0.05) is 20.8 Å². The van der Waals surface area contributed by atoms with E-state index in [-0.39, 0.29) is 17.9 Å². The van der Waals surface area contributed by atoms with Crippen LogP contribution in [0.2, 0.25) is 0 Å². The second kappa shape index (κ2) is 8.12. The quantitative estimate of drug-likeness (QED) is 0.743. The Morgan fingerprint density at radius 2 is 2.17 bits per heavy atom. The monoisotopic (exact) mass is 336 g/mol. The molecule has 0 aromatic carbocycles. The summed E-state index contributed by atoms with van der Waals surface area (Å²) in [6, 6.07) is 0.337. The number of nitrogens with zero attached hydrogens (tertiary/aromatic N) is 3. The van der Waals surface area contributed by atoms with E-state index in [4.69, 9.17) is 0 Å². The number of hydrogen-bond acceptors (Lipinski definition) is 4. The van der Waals surface area contributed by atoms with Crippen molar-refractivity contribution in [3.8, 4) is 0 Å². The van der Waals surface area contributed by atoms with Gasteiger partial charge in [0.05, 0.1) is 17.9 Å². The number of hydrogen-bond donors (Lipinski definition) is 2. The highest BCUT2D eigenvalue weighted by atomic mass is 16.3. The smallest absolute Gasteiger partial charge is 0.254 e. The summed E-state index contributed by atoms with van der Waals surface area (Å²) in [7, 11) is 1.85. The van der Waals surface area contributed by atoms with Gasteiger partial charge in [-0.3, -0.25) is 14.4 Å². The number of amides is 1. The third-order valence-electron chi connectivity index (χ3n) is 4.65. The molecule has 1 fully saturated rings. The van der Waals surface area contributed by atoms with Crippen LogP contribution in [0.4, 0.5) is 0 Å². The Morgan fingerprint density at radius 1 is 1.42 bits per heavy atom. The molecule has 1 aromatic heterocycles. The fourth-order valence-electron chi connectivity index (χ4n) is 3.34. The maximum absolute atomic E-state index is 12.4. The summed E-state index contributed by atoms with van der Waals surface area (Å²) >= 11 is 0. The summed E-state index contributed by atoms with van der Waals surface area (Å²) in [6.45, 7) is 9.23. The van der Waals surface area contributed by atoms with Crippen molar-refractivity contribution in [3.05, 3.63) is 17.5 Å². The zero-order valence-electron chi connectivity index (χ0n) is 15.5. The van der Waals surface area contributed by atoms with Gasteiger partial charge in [0.15, 0.2) is 0 Å². The average Bonchev–Trinajstić information content (AvgIpc) is 3.12. The molecule has 136 valence electrons. The number of nitrogens with one attached hydrogen (secondary N) is 1. The number of aliphatic hydroxyl groups is 1. The molecule has 0 aliphatic carbocycles. The van der Waals surface area contributed by atoms with E-state index in [0.29, 0.717) is 18.2 Å². The van der Waals surface area contributed by atoms with Gasteiger partial charge in [0, 0.05) is 31.2 Å². The molecule has 0 bridgehead atoms. The van der Waals surface area contributed by atoms with Crippen LogP contribution < -0.4 is 5.32 Å². The Bertz CT molecular complexity index is 548. The predicted molar refractivity (Wildman–Crippen MR) is 95.2 cm³/mol. The standard InChI is InChI=1S/C18H32N4O2/c1-18(2,3)16-15(12-21(4)20-16)17(24)19-9-5-6-10-22-11-7-8-14(22)13-23/h12,14,23H,5-11,13H2,1-4H3,(H,19,24). The molecule has 2 N–H and O–H groups in total. The highest BCUT2D eigenvalue weighted by Crippen LogP contribution is 2.24. The lowest BCUT2D eigenvalue weighted by atomic mass is 9.89. The Hall–Kier alpha value is -1.40. The third-order valence-corrected chi connectivity index (χ3v) is 4.65. The first kappa shape index (κ1) is 18.9. The van der Waals surface area contributed by atoms with E-state index in [1.807, 2.05) is 7.05 Å². The normalized spacial score (nSPS) is 19.0. The van der Waals surface area contributed by atoms with Crippen molar-refractivity contribution in [1.82, 2.24) is 20.0 Å². The molecule has 1 amide bonds. The molecule has 1 saturated heterocycles. The van der Waals surface area contributed by atoms with Crippen LogP contribution in [-0.2, 0) is 12.5 Å². The van der Waals surface area contributed by atoms with E-state index in [9.17, 15) is 9.90 Å². The molecule has 1 aliphatic heterocycles. The van der Waals surface area contributed by atoms with Crippen molar-refractivity contribution in [2.24, 2.45) is 7.05 Å². The molecular formula is C18H32N4O2. The third kappa shape index (κ3) is 4.80. The maximum atomic E-state index is 12.4. The molecule has 2 rings (SSSR count). The average molecular weight is 336 g/mol. The molecule has 24 heavy (non-hydrogen) atoms. The molecule has 2 heterocycles. The van der Waals surface area contributed by atoms with Crippen molar-refractivity contribution < 1.29 is 9.90 Å². The van der Waals surface area contributed by atoms with E-state index >= 15 is 0 Å². The van der Waals surface area contributed by atoms with Gasteiger partial charge in [0.1, 0.15) is 0 Å². The van der Waals surface area contributed by atoms with Crippen LogP contribution in [0.1, 0.15) is 62.5 Å². The lowest BCUT2D eigenvalue weighted by Crippen LogP contribution is -2.33. The van der Waals surface area contributed by atoms with Crippen LogP contribution in [0.3, 0.4) is 0 Å². The number of likely N-dealkylation sites (tertiary alicyclic amines) is 1. The predicted octanol–water partition coefficient (Wildman–Crippen LogP) is 1.68. The first-order chi connectivity index (χ1) is 11.3. The lowest BCUT2D eigenvalue weighted by molar-refractivity contribution is 0.0950. The molecule has 0 spiro atoms. The highest BCUT2D eigenvalue weighted by Gasteiger charge is 2.25. The maximum Gasteiger partial charge on any atom is 0.254 e. The fourth-order valence-corrected chi connectivity index (χ4v) is 3.34. The lowest BCUT2D eigenvalue weighted by Gasteiger charge is -2.22. The first-order valence-corrected chi connectivity index (χ1v) is 9.00. The molecule has 0 saturated carbocycles. The van der Waals surface area contributed by atoms with Crippen molar-refractivity contribution in [3.63, 3.8) is 0 Å². The topological polar surface area (TPSA) is 70.4 Å². The van der Waals surface area contributed by atoms with Gasteiger partial charge in [0.2, 0.25) is 0 Å². The van der Waals surface area contributed by atoms with Crippen LogP contribution in [0.25, 0.3) is 0 Å². The molecule has 1 aliphatic rings. The Kier molecular flexibility index (Phi) is 6.40. The molecule has 1 atom stereocenters. The molecular weight excluding hydrogens is 304 g/mol. The van der Waals surface area contributed by atoms with Crippen LogP contribution in [-0.4, -0.2) is 58.0 Å². The van der Waals surface area contributed by atoms with Gasteiger partial charge < -0.3 is 10.4 Å². The number of aryl methyl sites for hydroxylation is 1. The molecule has 0 radical (unpaired) electrons. The van der Waals surface area contributed by atoms with Gasteiger partial charge in [-0.25, -0.2) is 0 Å². The Balaban J connectivity index is 1.76. The molecule has 6 nitrogen and oxygen atoms in total. The van der Waals surface area contributed by atoms with E-state index in [2.05, 4.69) is 36.1 Å². The second-order valence-electron chi connectivity index (χ2n) is 7.79. The minimum atomic E-state index is -0.150. The summed E-state index contributed by atoms with van der Waals surface area (Å²) < 4.78 is 1.71. The van der Waals surface area contributed by atoms with E-state index < -0.39 is 0 Å². The van der Waals surface area contributed by atoms with Crippen molar-refractivity contribution in [2.45, 2.75) is 57.9 Å². The summed E-state index contributed by atoms with van der Waals surface area (Å²) in [6.07, 6.45) is 6.07. The van der Waals surface area contributed by atoms with E-state index in [1.54, 1.807) is 10.9 Å². The molecule has 6 heteroatoms. The SMILES string of the molecule is Cn1cc(C(=O)NCCCCN2CCCC2CO)c(C(C)(C)C)n1. The minimum Gasteiger partial charge on any atom is -0.395 e. The van der Waals surface area contributed by atoms with Crippen LogP contribution in [0, 0.1) is 0 Å². The summed E-state index contributed by atoms with van der Waals surface area (Å²) in [5.74, 6) is -0.0394. The van der Waals surface area contributed by atoms with Gasteiger partial charge in [-0.05, 0) is 38.8 Å². The van der Waals surface area contributed by atoms with Crippen LogP contribution in [0.15, 0.2) is 6.20 Å². The van der Waals surface area contributed by atoms with Crippen LogP contribution >= 0.6 is 0 Å². The van der Waals surface area contributed by atoms with Gasteiger partial charge in [0.25, 0.3) is 5.91 Å². The first-order valence-electron chi connectivity index (χ1n) is 9.00. The highest BCUT2D eigenvalue weighted by molar-refractivity contribution is 5.95. The zero-order chi connectivity index (χ0) is 17.7. The fraction of sp³-hybridized carbons (Fsp3) is 0.778. The number of rotatable bonds is 7. The molecule has 1 unspecified atom stereocenters. The van der Waals surface area contributed by atoms with Crippen molar-refractivity contribution in [2.75, 3.05) is 26.2 Å². The van der Waals surface area contributed by atoms with Crippen molar-refractivity contribution >= 4 is 5.91 Å². The molecule has 1 aromatic rings. The summed E-state index contributed by atoms with van der Waals surface area (Å²) in [4.78, 5) is 14.8. The van der Waals surface area contributed by atoms with Gasteiger partial charge >= 0.3 is 0 Å². The van der Waals surface area contributed by atoms with E-state index in [0.717, 1.165) is 38.0 Å². The summed E-state index contributed by atoms with van der Waals surface area (Å²) in [5.41, 5.74) is 1.36. The Morgan fingerprint density at radius 3 is 2.83 bits per heavy atom. The zero-order valence-corrected chi connectivity index (χ0v) is 15.5. The van der Waals surface area contributed by atoms with Crippen LogP contribution in [0.5, 0.6) is 0 Å². The van der Waals surface area contributed by atoms with Gasteiger partial charge in [-0.15, -0.1) is 0 Å². The summed E-state index contributed by atoms with van der Waals surface area (Å²) in [5, 5.41) is 16.8. The number of carbonyl (C=O) groups excluding carboxylic acids is 1. The number of carbonyl (C=O) groups is 1. The van der Waals surface area contributed by atoms with Crippen molar-refractivity contribution in [1.29, 1.82) is 0 Å². The number of aliphatic hydroxyl groups excluding tert-OH is 1. The Labute approximate surface area is 145 Å². The number of unbranched alkanes of at least 4 members (excludes halogenated alkanes) is 1. The largest absolute Gasteiger partial charge is 0.395 e. The number of aromatic nitrogens is 2. The second-order valence-corrected chi connectivity index (χ2v) is 7.79. The van der Waals surface area contributed by atoms with Gasteiger partial charge in [-0.2, -0.15) is 5.10 Å². The minimum absolute atomic E-state index is 0.0394. The van der Waals surface area contributed by atoms with E-state index in [1.165, 1.54) is 6.42 Å².